The quantitative estimate of drug-likeness (QED) is 0.890. The Labute approximate surface area is 142 Å². The first-order valence-electron chi connectivity index (χ1n) is 8.80. The third-order valence-electron chi connectivity index (χ3n) is 5.86. The molecule has 3 unspecified atom stereocenters. The Morgan fingerprint density at radius 3 is 2.67 bits per heavy atom. The average Bonchev–Trinajstić information content (AvgIpc) is 3.20. The molecule has 4 atom stereocenters. The van der Waals surface area contributed by atoms with Gasteiger partial charge in [0.25, 0.3) is 0 Å². The summed E-state index contributed by atoms with van der Waals surface area (Å²) >= 11 is 0. The third-order valence-corrected chi connectivity index (χ3v) is 5.86. The normalized spacial score (nSPS) is 28.9. The summed E-state index contributed by atoms with van der Waals surface area (Å²) < 4.78 is 2.02. The molecule has 0 aliphatic heterocycles. The number of imidazole rings is 1. The van der Waals surface area contributed by atoms with E-state index in [0.29, 0.717) is 23.9 Å². The van der Waals surface area contributed by atoms with Crippen LogP contribution in [0.2, 0.25) is 0 Å². The van der Waals surface area contributed by atoms with Crippen molar-refractivity contribution in [2.75, 3.05) is 17.3 Å². The molecule has 2 heterocycles. The molecule has 0 radical (unpaired) electrons. The van der Waals surface area contributed by atoms with Crippen molar-refractivity contribution >= 4 is 22.9 Å². The molecule has 2 aromatic rings. The summed E-state index contributed by atoms with van der Waals surface area (Å²) in [7, 11) is 4.04. The van der Waals surface area contributed by atoms with Crippen LogP contribution in [0.1, 0.15) is 33.1 Å². The number of aliphatic hydroxyl groups excluding tert-OH is 1. The molecule has 24 heavy (non-hydrogen) atoms. The third kappa shape index (κ3) is 2.33. The lowest BCUT2D eigenvalue weighted by Crippen LogP contribution is -2.31. The standard InChI is InChI=1S/C17H26N6O/c1-9(2)22(3)17-21-14-15(18-8-19-16(14)23(17)4)20-12-6-11-5-10(12)7-13(11)24/h8-13,24H,5-7H2,1-4H3,(H,18,19,20)/t10?,11?,12-,13?/m1/s1. The Balaban J connectivity index is 1.66. The topological polar surface area (TPSA) is 79.1 Å². The molecule has 2 bridgehead atoms. The number of anilines is 2. The first kappa shape index (κ1) is 15.6. The maximum absolute atomic E-state index is 9.95. The molecular weight excluding hydrogens is 304 g/mol. The zero-order valence-corrected chi connectivity index (χ0v) is 14.8. The van der Waals surface area contributed by atoms with Gasteiger partial charge in [-0.05, 0) is 44.9 Å². The first-order valence-corrected chi connectivity index (χ1v) is 8.80. The Kier molecular flexibility index (Phi) is 3.63. The van der Waals surface area contributed by atoms with Crippen LogP contribution in [-0.4, -0.2) is 49.9 Å². The van der Waals surface area contributed by atoms with Crippen molar-refractivity contribution in [3.8, 4) is 0 Å². The Morgan fingerprint density at radius 1 is 1.25 bits per heavy atom. The largest absolute Gasteiger partial charge is 0.393 e. The number of rotatable bonds is 4. The fourth-order valence-corrected chi connectivity index (χ4v) is 4.24. The molecule has 130 valence electrons. The number of aliphatic hydroxyl groups is 1. The molecule has 0 saturated heterocycles. The van der Waals surface area contributed by atoms with Crippen LogP contribution in [0.4, 0.5) is 11.8 Å². The minimum Gasteiger partial charge on any atom is -0.393 e. The maximum atomic E-state index is 9.95. The summed E-state index contributed by atoms with van der Waals surface area (Å²) in [6.45, 7) is 4.29. The van der Waals surface area contributed by atoms with Gasteiger partial charge in [-0.1, -0.05) is 0 Å². The van der Waals surface area contributed by atoms with Gasteiger partial charge in [-0.2, -0.15) is 0 Å². The molecule has 2 saturated carbocycles. The summed E-state index contributed by atoms with van der Waals surface area (Å²) in [5.41, 5.74) is 1.67. The van der Waals surface area contributed by atoms with Crippen molar-refractivity contribution in [3.05, 3.63) is 6.33 Å². The van der Waals surface area contributed by atoms with E-state index in [0.717, 1.165) is 42.2 Å². The van der Waals surface area contributed by atoms with Gasteiger partial charge in [-0.3, -0.25) is 4.57 Å². The van der Waals surface area contributed by atoms with E-state index < -0.39 is 0 Å². The van der Waals surface area contributed by atoms with Crippen molar-refractivity contribution in [2.24, 2.45) is 18.9 Å². The van der Waals surface area contributed by atoms with Crippen LogP contribution in [0.3, 0.4) is 0 Å². The molecule has 2 aromatic heterocycles. The number of hydrogen-bond donors (Lipinski definition) is 2. The molecule has 0 aromatic carbocycles. The molecule has 2 N–H and O–H groups in total. The fraction of sp³-hybridized carbons (Fsp3) is 0.706. The molecule has 0 spiro atoms. The van der Waals surface area contributed by atoms with Crippen LogP contribution in [-0.2, 0) is 7.05 Å². The smallest absolute Gasteiger partial charge is 0.207 e. The molecule has 2 aliphatic carbocycles. The monoisotopic (exact) mass is 330 g/mol. The van der Waals surface area contributed by atoms with Gasteiger partial charge in [0, 0.05) is 26.2 Å². The number of aromatic nitrogens is 4. The van der Waals surface area contributed by atoms with Crippen molar-refractivity contribution in [1.82, 2.24) is 19.5 Å². The van der Waals surface area contributed by atoms with E-state index >= 15 is 0 Å². The molecule has 2 fully saturated rings. The maximum Gasteiger partial charge on any atom is 0.207 e. The SMILES string of the molecule is CC(C)N(C)c1nc2c(N[C@@H]3CC4CC3CC4O)ncnc2n1C. The second-order valence-electron chi connectivity index (χ2n) is 7.62. The summed E-state index contributed by atoms with van der Waals surface area (Å²) in [5, 5.41) is 13.5. The van der Waals surface area contributed by atoms with Crippen molar-refractivity contribution in [1.29, 1.82) is 0 Å². The van der Waals surface area contributed by atoms with Gasteiger partial charge in [0.05, 0.1) is 6.10 Å². The average molecular weight is 330 g/mol. The molecular formula is C17H26N6O. The van der Waals surface area contributed by atoms with Crippen molar-refractivity contribution < 1.29 is 5.11 Å². The highest BCUT2D eigenvalue weighted by atomic mass is 16.3. The summed E-state index contributed by atoms with van der Waals surface area (Å²) in [5.74, 6) is 2.69. The molecule has 7 nitrogen and oxygen atoms in total. The number of hydrogen-bond acceptors (Lipinski definition) is 6. The van der Waals surface area contributed by atoms with Crippen LogP contribution in [0.5, 0.6) is 0 Å². The second-order valence-corrected chi connectivity index (χ2v) is 7.62. The lowest BCUT2D eigenvalue weighted by Gasteiger charge is -2.26. The minimum atomic E-state index is -0.111. The van der Waals surface area contributed by atoms with Crippen molar-refractivity contribution in [3.63, 3.8) is 0 Å². The predicted molar refractivity (Wildman–Crippen MR) is 94.1 cm³/mol. The van der Waals surface area contributed by atoms with E-state index in [-0.39, 0.29) is 6.10 Å². The summed E-state index contributed by atoms with van der Waals surface area (Å²) in [6, 6.07) is 0.738. The lowest BCUT2D eigenvalue weighted by atomic mass is 9.93. The number of nitrogens with zero attached hydrogens (tertiary/aromatic N) is 5. The molecule has 0 amide bonds. The van der Waals surface area contributed by atoms with Crippen LogP contribution in [0.15, 0.2) is 6.33 Å². The Bertz CT molecular complexity index is 755. The van der Waals surface area contributed by atoms with Gasteiger partial charge in [0.2, 0.25) is 5.95 Å². The molecule has 4 rings (SSSR count). The zero-order chi connectivity index (χ0) is 17.0. The number of nitrogens with one attached hydrogen (secondary N) is 1. The molecule has 2 aliphatic rings. The highest BCUT2D eigenvalue weighted by Crippen LogP contribution is 2.46. The second kappa shape index (κ2) is 5.58. The Morgan fingerprint density at radius 2 is 2.04 bits per heavy atom. The van der Waals surface area contributed by atoms with Crippen LogP contribution >= 0.6 is 0 Å². The number of fused-ring (bicyclic) bond motifs is 3. The van der Waals surface area contributed by atoms with Gasteiger partial charge in [0.15, 0.2) is 17.0 Å². The Hall–Kier alpha value is -1.89. The van der Waals surface area contributed by atoms with Crippen molar-refractivity contribution in [2.45, 2.75) is 51.3 Å². The van der Waals surface area contributed by atoms with E-state index in [4.69, 9.17) is 4.98 Å². The highest BCUT2D eigenvalue weighted by Gasteiger charge is 2.45. The van der Waals surface area contributed by atoms with Gasteiger partial charge < -0.3 is 15.3 Å². The fourth-order valence-electron chi connectivity index (χ4n) is 4.24. The minimum absolute atomic E-state index is 0.111. The lowest BCUT2D eigenvalue weighted by molar-refractivity contribution is 0.110. The summed E-state index contributed by atoms with van der Waals surface area (Å²) in [6.07, 6.45) is 4.53. The number of aryl methyl sites for hydroxylation is 1. The van der Waals surface area contributed by atoms with Crippen LogP contribution in [0, 0.1) is 11.8 Å². The van der Waals surface area contributed by atoms with Gasteiger partial charge in [-0.15, -0.1) is 0 Å². The predicted octanol–water partition coefficient (Wildman–Crippen LogP) is 1.78. The summed E-state index contributed by atoms with van der Waals surface area (Å²) in [4.78, 5) is 15.8. The zero-order valence-electron chi connectivity index (χ0n) is 14.8. The highest BCUT2D eigenvalue weighted by molar-refractivity contribution is 5.85. The van der Waals surface area contributed by atoms with Crippen LogP contribution < -0.4 is 10.2 Å². The van der Waals surface area contributed by atoms with E-state index in [9.17, 15) is 5.11 Å². The molecule has 7 heteroatoms. The van der Waals surface area contributed by atoms with Crippen LogP contribution in [0.25, 0.3) is 11.2 Å². The first-order chi connectivity index (χ1) is 11.5. The van der Waals surface area contributed by atoms with E-state index in [1.54, 1.807) is 6.33 Å². The van der Waals surface area contributed by atoms with Gasteiger partial charge >= 0.3 is 0 Å². The van der Waals surface area contributed by atoms with E-state index in [1.165, 1.54) is 0 Å². The van der Waals surface area contributed by atoms with E-state index in [2.05, 4.69) is 34.0 Å². The van der Waals surface area contributed by atoms with Gasteiger partial charge in [-0.25, -0.2) is 15.0 Å². The van der Waals surface area contributed by atoms with Gasteiger partial charge in [0.1, 0.15) is 6.33 Å². The van der Waals surface area contributed by atoms with E-state index in [1.807, 2.05) is 18.7 Å².